The molecule has 0 spiro atoms. The molecule has 1 N–H and O–H groups in total. The van der Waals surface area contributed by atoms with Gasteiger partial charge in [-0.05, 0) is 54.2 Å². The molecular weight excluding hydrogens is 460 g/mol. The van der Waals surface area contributed by atoms with Crippen LogP contribution in [0, 0.1) is 24.4 Å². The van der Waals surface area contributed by atoms with Gasteiger partial charge in [0.1, 0.15) is 12.4 Å². The standard InChI is InChI=1S/C21H15F6NO3S/c1-10-2-4-12(14(22)6-10)19-13(20(28-32-19)21(25,26)27)9-31-18-15(23)7-11(8-16(18)24)3-5-17(29)30/h2,4,6-8H,3,5,9H2,1H3,(H,29,30). The number of halogens is 6. The van der Waals surface area contributed by atoms with Crippen molar-refractivity contribution in [3.05, 3.63) is 70.2 Å². The highest BCUT2D eigenvalue weighted by atomic mass is 32.1. The van der Waals surface area contributed by atoms with Gasteiger partial charge in [-0.3, -0.25) is 4.79 Å². The largest absolute Gasteiger partial charge is 0.483 e. The van der Waals surface area contributed by atoms with Crippen molar-refractivity contribution in [2.45, 2.75) is 32.5 Å². The number of hydrogen-bond acceptors (Lipinski definition) is 4. The molecule has 11 heteroatoms. The van der Waals surface area contributed by atoms with Crippen LogP contribution in [0.15, 0.2) is 30.3 Å². The molecule has 0 aliphatic rings. The second-order valence-corrected chi connectivity index (χ2v) is 7.66. The first-order chi connectivity index (χ1) is 15.0. The molecule has 0 saturated carbocycles. The summed E-state index contributed by atoms with van der Waals surface area (Å²) < 4.78 is 91.7. The zero-order chi connectivity index (χ0) is 23.6. The molecule has 32 heavy (non-hydrogen) atoms. The van der Waals surface area contributed by atoms with Gasteiger partial charge >= 0.3 is 12.1 Å². The first kappa shape index (κ1) is 23.6. The van der Waals surface area contributed by atoms with Crippen LogP contribution in [-0.2, 0) is 24.0 Å². The van der Waals surface area contributed by atoms with Crippen molar-refractivity contribution in [2.75, 3.05) is 0 Å². The molecule has 0 aliphatic carbocycles. The highest BCUT2D eigenvalue weighted by Crippen LogP contribution is 2.40. The Bertz CT molecular complexity index is 1140. The first-order valence-corrected chi connectivity index (χ1v) is 9.89. The van der Waals surface area contributed by atoms with Crippen LogP contribution < -0.4 is 4.74 Å². The number of carbonyl (C=O) groups is 1. The molecule has 170 valence electrons. The van der Waals surface area contributed by atoms with E-state index in [2.05, 4.69) is 4.37 Å². The topological polar surface area (TPSA) is 59.4 Å². The zero-order valence-electron chi connectivity index (χ0n) is 16.4. The van der Waals surface area contributed by atoms with Crippen LogP contribution in [0.1, 0.15) is 28.8 Å². The zero-order valence-corrected chi connectivity index (χ0v) is 17.2. The number of rotatable bonds is 7. The Morgan fingerprint density at radius 1 is 1.09 bits per heavy atom. The third kappa shape index (κ3) is 5.21. The van der Waals surface area contributed by atoms with Crippen molar-refractivity contribution < 1.29 is 41.0 Å². The number of aromatic nitrogens is 1. The summed E-state index contributed by atoms with van der Waals surface area (Å²) >= 11 is 0.398. The summed E-state index contributed by atoms with van der Waals surface area (Å²) in [6.45, 7) is 0.687. The quantitative estimate of drug-likeness (QED) is 0.417. The minimum atomic E-state index is -4.90. The number of nitrogens with zero attached hydrogens (tertiary/aromatic N) is 1. The van der Waals surface area contributed by atoms with Gasteiger partial charge in [-0.2, -0.15) is 17.5 Å². The van der Waals surface area contributed by atoms with Gasteiger partial charge in [0.15, 0.2) is 23.1 Å². The number of alkyl halides is 3. The van der Waals surface area contributed by atoms with Crippen LogP contribution in [0.25, 0.3) is 10.4 Å². The van der Waals surface area contributed by atoms with Crippen molar-refractivity contribution in [1.29, 1.82) is 0 Å². The van der Waals surface area contributed by atoms with Gasteiger partial charge in [0, 0.05) is 17.5 Å². The Morgan fingerprint density at radius 3 is 2.31 bits per heavy atom. The van der Waals surface area contributed by atoms with Crippen LogP contribution in [0.4, 0.5) is 26.3 Å². The number of hydrogen-bond donors (Lipinski definition) is 1. The Morgan fingerprint density at radius 2 is 1.75 bits per heavy atom. The summed E-state index contributed by atoms with van der Waals surface area (Å²) in [5, 5.41) is 8.67. The second-order valence-electron chi connectivity index (χ2n) is 6.89. The minimum absolute atomic E-state index is 0.0466. The van der Waals surface area contributed by atoms with Crippen molar-refractivity contribution in [1.82, 2.24) is 4.37 Å². The predicted octanol–water partition coefficient (Wildman–Crippen LogP) is 6.15. The van der Waals surface area contributed by atoms with E-state index in [1.54, 1.807) is 6.92 Å². The molecule has 3 rings (SSSR count). The van der Waals surface area contributed by atoms with Crippen LogP contribution in [-0.4, -0.2) is 15.4 Å². The molecule has 4 nitrogen and oxygen atoms in total. The summed E-state index contributed by atoms with van der Waals surface area (Å²) in [6, 6.07) is 5.63. The molecule has 0 atom stereocenters. The van der Waals surface area contributed by atoms with Crippen molar-refractivity contribution in [2.24, 2.45) is 0 Å². The SMILES string of the molecule is Cc1ccc(-c2snc(C(F)(F)F)c2COc2c(F)cc(CCC(=O)O)cc2F)c(F)c1. The van der Waals surface area contributed by atoms with Crippen molar-refractivity contribution >= 4 is 17.5 Å². The van der Waals surface area contributed by atoms with E-state index < -0.39 is 53.2 Å². The average molecular weight is 475 g/mol. The van der Waals surface area contributed by atoms with Gasteiger partial charge in [0.25, 0.3) is 0 Å². The molecule has 0 unspecified atom stereocenters. The molecule has 0 amide bonds. The second kappa shape index (κ2) is 9.19. The molecule has 0 aliphatic heterocycles. The van der Waals surface area contributed by atoms with Crippen LogP contribution in [0.5, 0.6) is 5.75 Å². The molecule has 0 bridgehead atoms. The highest BCUT2D eigenvalue weighted by molar-refractivity contribution is 7.09. The summed E-state index contributed by atoms with van der Waals surface area (Å²) in [4.78, 5) is 10.4. The van der Waals surface area contributed by atoms with Gasteiger partial charge in [0.2, 0.25) is 0 Å². The van der Waals surface area contributed by atoms with E-state index in [1.165, 1.54) is 12.1 Å². The summed E-state index contributed by atoms with van der Waals surface area (Å²) in [5.41, 5.74) is -1.44. The van der Waals surface area contributed by atoms with Crippen molar-refractivity contribution in [3.8, 4) is 16.2 Å². The smallest absolute Gasteiger partial charge is 0.434 e. The lowest BCUT2D eigenvalue weighted by molar-refractivity contribution is -0.141. The lowest BCUT2D eigenvalue weighted by Crippen LogP contribution is -2.11. The molecule has 0 saturated heterocycles. The Kier molecular flexibility index (Phi) is 6.77. The number of benzene rings is 2. The Labute approximate surface area is 182 Å². The first-order valence-electron chi connectivity index (χ1n) is 9.12. The van der Waals surface area contributed by atoms with E-state index in [4.69, 9.17) is 9.84 Å². The maximum atomic E-state index is 14.4. The van der Waals surface area contributed by atoms with Crippen LogP contribution >= 0.6 is 11.5 Å². The summed E-state index contributed by atoms with van der Waals surface area (Å²) in [5.74, 6) is -5.27. The van der Waals surface area contributed by atoms with Gasteiger partial charge in [0.05, 0.1) is 4.88 Å². The molecule has 3 aromatic rings. The fraction of sp³-hybridized carbons (Fsp3) is 0.238. The molecule has 0 fully saturated rings. The summed E-state index contributed by atoms with van der Waals surface area (Å²) in [6.07, 6.45) is -5.40. The molecule has 1 aromatic heterocycles. The normalized spacial score (nSPS) is 11.6. The van der Waals surface area contributed by atoms with Gasteiger partial charge < -0.3 is 9.84 Å². The number of carboxylic acid groups (broad SMARTS) is 1. The average Bonchev–Trinajstić information content (AvgIpc) is 3.10. The molecule has 2 aromatic carbocycles. The monoisotopic (exact) mass is 475 g/mol. The Hall–Kier alpha value is -3.08. The third-order valence-electron chi connectivity index (χ3n) is 4.47. The molecular formula is C21H15F6NO3S. The number of aliphatic carboxylic acids is 1. The van der Waals surface area contributed by atoms with E-state index in [0.29, 0.717) is 17.1 Å². The van der Waals surface area contributed by atoms with E-state index in [0.717, 1.165) is 18.2 Å². The maximum absolute atomic E-state index is 14.4. The van der Waals surface area contributed by atoms with E-state index >= 15 is 0 Å². The predicted molar refractivity (Wildman–Crippen MR) is 104 cm³/mol. The lowest BCUT2D eigenvalue weighted by atomic mass is 10.1. The molecule has 0 radical (unpaired) electrons. The third-order valence-corrected chi connectivity index (χ3v) is 5.40. The number of ether oxygens (including phenoxy) is 1. The highest BCUT2D eigenvalue weighted by Gasteiger charge is 2.39. The fourth-order valence-electron chi connectivity index (χ4n) is 2.97. The number of carboxylic acids is 1. The van der Waals surface area contributed by atoms with Crippen molar-refractivity contribution in [3.63, 3.8) is 0 Å². The van der Waals surface area contributed by atoms with E-state index in [9.17, 15) is 31.1 Å². The van der Waals surface area contributed by atoms with Gasteiger partial charge in [-0.1, -0.05) is 12.1 Å². The lowest BCUT2D eigenvalue weighted by Gasteiger charge is -2.13. The fourth-order valence-corrected chi connectivity index (χ4v) is 3.90. The van der Waals surface area contributed by atoms with Crippen LogP contribution in [0.2, 0.25) is 0 Å². The van der Waals surface area contributed by atoms with Gasteiger partial charge in [-0.15, -0.1) is 0 Å². The molecule has 1 heterocycles. The minimum Gasteiger partial charge on any atom is -0.483 e. The Balaban J connectivity index is 1.95. The maximum Gasteiger partial charge on any atom is 0.434 e. The van der Waals surface area contributed by atoms with E-state index in [1.807, 2.05) is 0 Å². The van der Waals surface area contributed by atoms with Crippen LogP contribution in [0.3, 0.4) is 0 Å². The summed E-state index contributed by atoms with van der Waals surface area (Å²) in [7, 11) is 0. The number of aryl methyl sites for hydroxylation is 2. The van der Waals surface area contributed by atoms with Gasteiger partial charge in [-0.25, -0.2) is 13.2 Å². The van der Waals surface area contributed by atoms with E-state index in [-0.39, 0.29) is 28.8 Å².